The molecule has 31 heavy (non-hydrogen) atoms. The lowest BCUT2D eigenvalue weighted by Crippen LogP contribution is -2.18. The molecule has 6 nitrogen and oxygen atoms in total. The van der Waals surface area contributed by atoms with Crippen molar-refractivity contribution in [2.75, 3.05) is 20.8 Å². The first kappa shape index (κ1) is 24.6. The maximum Gasteiger partial charge on any atom is 0.190 e. The van der Waals surface area contributed by atoms with E-state index in [2.05, 4.69) is 12.1 Å². The molecule has 0 radical (unpaired) electrons. The van der Waals surface area contributed by atoms with E-state index in [0.717, 1.165) is 19.3 Å². The molecule has 0 atom stereocenters. The van der Waals surface area contributed by atoms with E-state index in [4.69, 9.17) is 14.3 Å². The summed E-state index contributed by atoms with van der Waals surface area (Å²) in [6.45, 7) is 4.74. The van der Waals surface area contributed by atoms with Crippen LogP contribution in [0.5, 0.6) is 11.5 Å². The van der Waals surface area contributed by atoms with Gasteiger partial charge in [0.05, 0.1) is 31.1 Å². The molecule has 0 bridgehead atoms. The summed E-state index contributed by atoms with van der Waals surface area (Å²) < 4.78 is 11.1. The second kappa shape index (κ2) is 12.9. The second-order valence-electron chi connectivity index (χ2n) is 7.71. The minimum absolute atomic E-state index is 0.229. The Balaban J connectivity index is 2.34. The van der Waals surface area contributed by atoms with Gasteiger partial charge in [0.1, 0.15) is 18.1 Å². The molecule has 1 aliphatic carbocycles. The normalized spacial score (nSPS) is 13.4. The number of carbonyl (C=O) groups excluding carboxylic acids is 2. The van der Waals surface area contributed by atoms with E-state index in [9.17, 15) is 9.59 Å². The first-order valence-electron chi connectivity index (χ1n) is 11.3. The molecule has 0 saturated heterocycles. The molecule has 0 spiro atoms. The van der Waals surface area contributed by atoms with Gasteiger partial charge in [0, 0.05) is 5.56 Å². The number of nitrogens with zero attached hydrogens (tertiary/aromatic N) is 1. The maximum absolute atomic E-state index is 12.7. The third-order valence-corrected chi connectivity index (χ3v) is 5.34. The van der Waals surface area contributed by atoms with Gasteiger partial charge in [-0.2, -0.15) is 0 Å². The third-order valence-electron chi connectivity index (χ3n) is 5.34. The number of hydrogen-bond donors (Lipinski definition) is 0. The molecule has 1 aromatic carbocycles. The SMILES string of the molecule is CCCCCCCCCC(=NOCCC)c1cc(OC)c2c(c1OC)C(=O)C=CC2=O. The minimum atomic E-state index is -0.281. The highest BCUT2D eigenvalue weighted by Crippen LogP contribution is 2.38. The Hall–Kier alpha value is -2.63. The number of benzene rings is 1. The van der Waals surface area contributed by atoms with Crippen LogP contribution < -0.4 is 9.47 Å². The maximum atomic E-state index is 12.7. The van der Waals surface area contributed by atoms with Gasteiger partial charge in [-0.05, 0) is 37.5 Å². The Morgan fingerprint density at radius 1 is 0.839 bits per heavy atom. The van der Waals surface area contributed by atoms with Crippen molar-refractivity contribution in [2.45, 2.75) is 71.6 Å². The van der Waals surface area contributed by atoms with Crippen molar-refractivity contribution in [2.24, 2.45) is 5.16 Å². The van der Waals surface area contributed by atoms with Crippen LogP contribution >= 0.6 is 0 Å². The van der Waals surface area contributed by atoms with E-state index in [1.54, 1.807) is 6.07 Å². The number of fused-ring (bicyclic) bond motifs is 1. The summed E-state index contributed by atoms with van der Waals surface area (Å²) in [5.74, 6) is 0.136. The lowest BCUT2D eigenvalue weighted by Gasteiger charge is -2.20. The quantitative estimate of drug-likeness (QED) is 0.209. The zero-order valence-corrected chi connectivity index (χ0v) is 19.3. The number of carbonyl (C=O) groups is 2. The van der Waals surface area contributed by atoms with Crippen LogP contribution in [0, 0.1) is 0 Å². The van der Waals surface area contributed by atoms with Gasteiger partial charge in [0.15, 0.2) is 11.6 Å². The first-order chi connectivity index (χ1) is 15.1. The van der Waals surface area contributed by atoms with Gasteiger partial charge >= 0.3 is 0 Å². The molecule has 0 fully saturated rings. The van der Waals surface area contributed by atoms with E-state index in [1.807, 2.05) is 6.92 Å². The number of ether oxygens (including phenoxy) is 2. The van der Waals surface area contributed by atoms with Gasteiger partial charge in [-0.3, -0.25) is 9.59 Å². The number of rotatable bonds is 14. The van der Waals surface area contributed by atoms with Crippen LogP contribution in [0.1, 0.15) is 97.9 Å². The summed E-state index contributed by atoms with van der Waals surface area (Å²) in [7, 11) is 2.99. The first-order valence-corrected chi connectivity index (χ1v) is 11.3. The molecule has 0 amide bonds. The van der Waals surface area contributed by atoms with Gasteiger partial charge in [-0.1, -0.05) is 57.5 Å². The van der Waals surface area contributed by atoms with Crippen molar-refractivity contribution in [1.29, 1.82) is 0 Å². The van der Waals surface area contributed by atoms with Crippen LogP contribution in [-0.2, 0) is 4.84 Å². The van der Waals surface area contributed by atoms with Crippen molar-refractivity contribution in [3.8, 4) is 11.5 Å². The Bertz CT molecular complexity index is 826. The van der Waals surface area contributed by atoms with E-state index in [0.29, 0.717) is 35.8 Å². The molecule has 0 unspecified atom stereocenters. The Labute approximate surface area is 185 Å². The summed E-state index contributed by atoms with van der Waals surface area (Å²) in [5, 5.41) is 4.37. The van der Waals surface area contributed by atoms with Crippen LogP contribution in [-0.4, -0.2) is 38.1 Å². The van der Waals surface area contributed by atoms with Crippen LogP contribution in [0.25, 0.3) is 0 Å². The highest BCUT2D eigenvalue weighted by Gasteiger charge is 2.31. The lowest BCUT2D eigenvalue weighted by atomic mass is 9.88. The molecule has 0 saturated carbocycles. The summed E-state index contributed by atoms with van der Waals surface area (Å²) in [6, 6.07) is 1.73. The predicted molar refractivity (Wildman–Crippen MR) is 123 cm³/mol. The van der Waals surface area contributed by atoms with Crippen molar-refractivity contribution < 1.29 is 23.9 Å². The summed E-state index contributed by atoms with van der Waals surface area (Å²) >= 11 is 0. The van der Waals surface area contributed by atoms with Gasteiger partial charge in [0.25, 0.3) is 0 Å². The molecule has 2 rings (SSSR count). The topological polar surface area (TPSA) is 74.2 Å². The minimum Gasteiger partial charge on any atom is -0.496 e. The molecule has 1 aliphatic rings. The number of hydrogen-bond acceptors (Lipinski definition) is 6. The Morgan fingerprint density at radius 3 is 2.10 bits per heavy atom. The van der Waals surface area contributed by atoms with Gasteiger partial charge in [-0.15, -0.1) is 0 Å². The highest BCUT2D eigenvalue weighted by molar-refractivity contribution is 6.25. The number of oxime groups is 1. The zero-order chi connectivity index (χ0) is 22.6. The van der Waals surface area contributed by atoms with Crippen molar-refractivity contribution in [3.63, 3.8) is 0 Å². The highest BCUT2D eigenvalue weighted by atomic mass is 16.6. The Morgan fingerprint density at radius 2 is 1.48 bits per heavy atom. The molecule has 0 aromatic heterocycles. The smallest absolute Gasteiger partial charge is 0.190 e. The van der Waals surface area contributed by atoms with Crippen LogP contribution in [0.3, 0.4) is 0 Å². The molecule has 0 N–H and O–H groups in total. The fraction of sp³-hybridized carbons (Fsp3) is 0.560. The summed E-state index contributed by atoms with van der Waals surface area (Å²) in [4.78, 5) is 30.6. The van der Waals surface area contributed by atoms with Crippen LogP contribution in [0.2, 0.25) is 0 Å². The summed E-state index contributed by atoms with van der Waals surface area (Å²) in [6.07, 6.45) is 12.4. The molecule has 0 heterocycles. The number of unbranched alkanes of at least 4 members (excludes halogenated alkanes) is 6. The summed E-state index contributed by atoms with van der Waals surface area (Å²) in [5.41, 5.74) is 1.80. The van der Waals surface area contributed by atoms with Crippen LogP contribution in [0.4, 0.5) is 0 Å². The van der Waals surface area contributed by atoms with Gasteiger partial charge in [0.2, 0.25) is 0 Å². The molecule has 0 aliphatic heterocycles. The largest absolute Gasteiger partial charge is 0.496 e. The average molecular weight is 430 g/mol. The average Bonchev–Trinajstić information content (AvgIpc) is 2.78. The van der Waals surface area contributed by atoms with Crippen molar-refractivity contribution >= 4 is 17.3 Å². The van der Waals surface area contributed by atoms with Gasteiger partial charge < -0.3 is 14.3 Å². The molecule has 6 heteroatoms. The van der Waals surface area contributed by atoms with Gasteiger partial charge in [-0.25, -0.2) is 0 Å². The fourth-order valence-electron chi connectivity index (χ4n) is 3.72. The molecule has 170 valence electrons. The monoisotopic (exact) mass is 429 g/mol. The number of allylic oxidation sites excluding steroid dienone is 2. The molecule has 1 aromatic rings. The second-order valence-corrected chi connectivity index (χ2v) is 7.71. The standard InChI is InChI=1S/C25H35NO5/c1-5-7-8-9-10-11-12-13-19(26-31-16-6-2)18-17-22(29-3)23-20(27)14-15-21(28)24(23)25(18)30-4/h14-15,17H,5-13,16H2,1-4H3. The van der Waals surface area contributed by atoms with E-state index in [1.165, 1.54) is 58.5 Å². The molecular formula is C25H35NO5. The zero-order valence-electron chi connectivity index (χ0n) is 19.3. The Kier molecular flexibility index (Phi) is 10.3. The third kappa shape index (κ3) is 6.42. The van der Waals surface area contributed by atoms with E-state index < -0.39 is 0 Å². The predicted octanol–water partition coefficient (Wildman–Crippen LogP) is 5.91. The number of ketones is 2. The molecular weight excluding hydrogens is 394 g/mol. The van der Waals surface area contributed by atoms with Crippen molar-refractivity contribution in [1.82, 2.24) is 0 Å². The van der Waals surface area contributed by atoms with Crippen LogP contribution in [0.15, 0.2) is 23.4 Å². The number of methoxy groups -OCH3 is 2. The van der Waals surface area contributed by atoms with Crippen molar-refractivity contribution in [3.05, 3.63) is 34.9 Å². The van der Waals surface area contributed by atoms with E-state index in [-0.39, 0.29) is 22.7 Å². The van der Waals surface area contributed by atoms with E-state index >= 15 is 0 Å². The fourth-order valence-corrected chi connectivity index (χ4v) is 3.72. The lowest BCUT2D eigenvalue weighted by molar-refractivity contribution is 0.0989.